The molecule has 8 heteroatoms. The van der Waals surface area contributed by atoms with Crippen LogP contribution in [0.15, 0.2) is 24.8 Å². The van der Waals surface area contributed by atoms with E-state index in [2.05, 4.69) is 25.3 Å². The van der Waals surface area contributed by atoms with Gasteiger partial charge in [0.05, 0.1) is 11.3 Å². The molecule has 0 bridgehead atoms. The fourth-order valence-corrected chi connectivity index (χ4v) is 1.97. The molecule has 0 spiro atoms. The van der Waals surface area contributed by atoms with Crippen LogP contribution in [-0.2, 0) is 6.54 Å². The summed E-state index contributed by atoms with van der Waals surface area (Å²) in [7, 11) is 0. The molecule has 4 N–H and O–H groups in total. The summed E-state index contributed by atoms with van der Waals surface area (Å²) in [6, 6.07) is 3.13. The van der Waals surface area contributed by atoms with Gasteiger partial charge in [0.25, 0.3) is 0 Å². The number of H-pyrrole nitrogens is 1. The fourth-order valence-electron chi connectivity index (χ4n) is 1.82. The molecule has 3 rings (SSSR count). The number of phenols is 2. The van der Waals surface area contributed by atoms with Crippen LogP contribution in [0.3, 0.4) is 0 Å². The highest BCUT2D eigenvalue weighted by Gasteiger charge is 2.11. The van der Waals surface area contributed by atoms with Crippen LogP contribution in [-0.4, -0.2) is 30.1 Å². The van der Waals surface area contributed by atoms with Crippen molar-refractivity contribution in [1.82, 2.24) is 19.9 Å². The van der Waals surface area contributed by atoms with Crippen LogP contribution >= 0.6 is 11.6 Å². The molecular weight excluding hydrogens is 282 g/mol. The molecule has 2 heterocycles. The number of aromatic amines is 1. The molecule has 0 aliphatic heterocycles. The van der Waals surface area contributed by atoms with Crippen LogP contribution in [0.1, 0.15) is 5.56 Å². The number of nitrogens with one attached hydrogen (secondary N) is 2. The Balaban J connectivity index is 1.87. The maximum atomic E-state index is 9.80. The number of hydrogen-bond donors (Lipinski definition) is 4. The molecule has 3 aromatic rings. The van der Waals surface area contributed by atoms with Crippen LogP contribution in [0.2, 0.25) is 5.02 Å². The second-order valence-electron chi connectivity index (χ2n) is 4.08. The lowest BCUT2D eigenvalue weighted by atomic mass is 10.2. The molecule has 102 valence electrons. The molecule has 0 aliphatic carbocycles. The zero-order valence-corrected chi connectivity index (χ0v) is 10.9. The van der Waals surface area contributed by atoms with Gasteiger partial charge in [0.1, 0.15) is 11.8 Å². The standard InChI is InChI=1S/C12H10ClN5O2/c13-7-2-1-6(9(19)10(7)20)3-14-11-8-12(16-4-15-8)18-5-17-11/h1-2,4-5,19-20H,3H2,(H2,14,15,16,17,18). The number of rotatable bonds is 3. The summed E-state index contributed by atoms with van der Waals surface area (Å²) < 4.78 is 0. The van der Waals surface area contributed by atoms with Crippen LogP contribution < -0.4 is 5.32 Å². The Morgan fingerprint density at radius 2 is 2.00 bits per heavy atom. The Bertz CT molecular complexity index is 774. The lowest BCUT2D eigenvalue weighted by Crippen LogP contribution is -2.03. The molecule has 2 aromatic heterocycles. The summed E-state index contributed by atoms with van der Waals surface area (Å²) in [6.45, 7) is 0.266. The minimum atomic E-state index is -0.333. The van der Waals surface area contributed by atoms with E-state index in [0.717, 1.165) is 0 Å². The third-order valence-corrected chi connectivity index (χ3v) is 3.16. The SMILES string of the molecule is Oc1c(Cl)ccc(CNc2ncnc3nc[nH]c23)c1O. The number of nitrogens with zero attached hydrogens (tertiary/aromatic N) is 3. The van der Waals surface area contributed by atoms with Crippen molar-refractivity contribution in [3.05, 3.63) is 35.4 Å². The largest absolute Gasteiger partial charge is 0.504 e. The van der Waals surface area contributed by atoms with Crippen molar-refractivity contribution in [3.63, 3.8) is 0 Å². The molecule has 20 heavy (non-hydrogen) atoms. The normalized spacial score (nSPS) is 10.8. The molecule has 0 saturated carbocycles. The summed E-state index contributed by atoms with van der Waals surface area (Å²) in [5.41, 5.74) is 1.72. The minimum Gasteiger partial charge on any atom is -0.504 e. The minimum absolute atomic E-state index is 0.101. The van der Waals surface area contributed by atoms with Gasteiger partial charge in [0.2, 0.25) is 0 Å². The third-order valence-electron chi connectivity index (χ3n) is 2.85. The first-order valence-electron chi connectivity index (χ1n) is 5.74. The summed E-state index contributed by atoms with van der Waals surface area (Å²) in [5, 5.41) is 22.5. The predicted molar refractivity (Wildman–Crippen MR) is 73.8 cm³/mol. The Kier molecular flexibility index (Phi) is 3.03. The zero-order valence-electron chi connectivity index (χ0n) is 10.1. The van der Waals surface area contributed by atoms with Gasteiger partial charge >= 0.3 is 0 Å². The molecular formula is C12H10ClN5O2. The van der Waals surface area contributed by atoms with Crippen LogP contribution in [0.4, 0.5) is 5.82 Å². The third kappa shape index (κ3) is 2.08. The van der Waals surface area contributed by atoms with E-state index in [1.54, 1.807) is 6.07 Å². The van der Waals surface area contributed by atoms with E-state index in [1.807, 2.05) is 0 Å². The fraction of sp³-hybridized carbons (Fsp3) is 0.0833. The first-order chi connectivity index (χ1) is 9.66. The van der Waals surface area contributed by atoms with Crippen molar-refractivity contribution in [2.24, 2.45) is 0 Å². The first-order valence-corrected chi connectivity index (χ1v) is 6.12. The number of aromatic hydroxyl groups is 2. The number of fused-ring (bicyclic) bond motifs is 1. The number of anilines is 1. The van der Waals surface area contributed by atoms with E-state index in [-0.39, 0.29) is 23.1 Å². The van der Waals surface area contributed by atoms with Gasteiger partial charge in [-0.2, -0.15) is 0 Å². The molecule has 0 unspecified atom stereocenters. The molecule has 1 aromatic carbocycles. The van der Waals surface area contributed by atoms with Crippen molar-refractivity contribution < 1.29 is 10.2 Å². The monoisotopic (exact) mass is 291 g/mol. The highest BCUT2D eigenvalue weighted by Crippen LogP contribution is 2.36. The van der Waals surface area contributed by atoms with Gasteiger partial charge < -0.3 is 20.5 Å². The van der Waals surface area contributed by atoms with Gasteiger partial charge in [-0.3, -0.25) is 0 Å². The van der Waals surface area contributed by atoms with E-state index in [4.69, 9.17) is 11.6 Å². The molecule has 7 nitrogen and oxygen atoms in total. The Morgan fingerprint density at radius 1 is 1.15 bits per heavy atom. The molecule has 0 radical (unpaired) electrons. The smallest absolute Gasteiger partial charge is 0.182 e. The van der Waals surface area contributed by atoms with E-state index in [9.17, 15) is 10.2 Å². The van der Waals surface area contributed by atoms with Gasteiger partial charge in [0.15, 0.2) is 23.0 Å². The number of phenolic OH excluding ortho intramolecular Hbond substituents is 2. The summed E-state index contributed by atoms with van der Waals surface area (Å²) in [5.74, 6) is -0.0263. The maximum absolute atomic E-state index is 9.80. The molecule has 0 fully saturated rings. The molecule has 0 saturated heterocycles. The highest BCUT2D eigenvalue weighted by atomic mass is 35.5. The maximum Gasteiger partial charge on any atom is 0.182 e. The van der Waals surface area contributed by atoms with Crippen LogP contribution in [0, 0.1) is 0 Å². The zero-order chi connectivity index (χ0) is 14.1. The van der Waals surface area contributed by atoms with E-state index >= 15 is 0 Å². The van der Waals surface area contributed by atoms with Crippen molar-refractivity contribution in [3.8, 4) is 11.5 Å². The number of aromatic nitrogens is 4. The quantitative estimate of drug-likeness (QED) is 0.550. The number of imidazole rings is 1. The van der Waals surface area contributed by atoms with Gasteiger partial charge in [0, 0.05) is 12.1 Å². The topological polar surface area (TPSA) is 107 Å². The molecule has 0 aliphatic rings. The van der Waals surface area contributed by atoms with Crippen molar-refractivity contribution in [2.45, 2.75) is 6.54 Å². The number of benzene rings is 1. The average molecular weight is 292 g/mol. The average Bonchev–Trinajstić information content (AvgIpc) is 2.93. The Morgan fingerprint density at radius 3 is 2.85 bits per heavy atom. The second-order valence-corrected chi connectivity index (χ2v) is 4.49. The highest BCUT2D eigenvalue weighted by molar-refractivity contribution is 6.32. The van der Waals surface area contributed by atoms with Gasteiger partial charge in [-0.1, -0.05) is 17.7 Å². The van der Waals surface area contributed by atoms with Crippen molar-refractivity contribution in [2.75, 3.05) is 5.32 Å². The Labute approximate surface area is 118 Å². The number of halogens is 1. The van der Waals surface area contributed by atoms with E-state index in [0.29, 0.717) is 22.5 Å². The molecule has 0 amide bonds. The predicted octanol–water partition coefficient (Wildman–Crippen LogP) is 2.03. The van der Waals surface area contributed by atoms with E-state index < -0.39 is 0 Å². The lowest BCUT2D eigenvalue weighted by Gasteiger charge is -2.09. The first kappa shape index (κ1) is 12.5. The lowest BCUT2D eigenvalue weighted by molar-refractivity contribution is 0.400. The second kappa shape index (κ2) is 4.86. The van der Waals surface area contributed by atoms with Crippen LogP contribution in [0.25, 0.3) is 11.2 Å². The Hall–Kier alpha value is -2.54. The van der Waals surface area contributed by atoms with E-state index in [1.165, 1.54) is 18.7 Å². The van der Waals surface area contributed by atoms with Gasteiger partial charge in [-0.05, 0) is 6.07 Å². The van der Waals surface area contributed by atoms with Gasteiger partial charge in [-0.15, -0.1) is 0 Å². The van der Waals surface area contributed by atoms with Crippen molar-refractivity contribution in [1.29, 1.82) is 0 Å². The summed E-state index contributed by atoms with van der Waals surface area (Å²) >= 11 is 5.70. The molecule has 0 atom stereocenters. The van der Waals surface area contributed by atoms with Crippen LogP contribution in [0.5, 0.6) is 11.5 Å². The van der Waals surface area contributed by atoms with Gasteiger partial charge in [-0.25, -0.2) is 15.0 Å². The summed E-state index contributed by atoms with van der Waals surface area (Å²) in [4.78, 5) is 15.1. The van der Waals surface area contributed by atoms with Crippen molar-refractivity contribution >= 4 is 28.6 Å². The number of hydrogen-bond acceptors (Lipinski definition) is 6. The summed E-state index contributed by atoms with van der Waals surface area (Å²) in [6.07, 6.45) is 2.92.